The monoisotopic (exact) mass is 441 g/mol. The molecule has 4 nitrogen and oxygen atoms in total. The predicted octanol–water partition coefficient (Wildman–Crippen LogP) is 6.58. The number of carbonyl (C=O) groups excluding carboxylic acids is 1. The molecule has 2 aromatic heterocycles. The third-order valence-corrected chi connectivity index (χ3v) is 7.12. The van der Waals surface area contributed by atoms with Crippen LogP contribution in [0.3, 0.4) is 0 Å². The van der Waals surface area contributed by atoms with Crippen molar-refractivity contribution in [3.05, 3.63) is 95.0 Å². The average Bonchev–Trinajstić information content (AvgIpc) is 3.54. The highest BCUT2D eigenvalue weighted by Gasteiger charge is 2.19. The maximum atomic E-state index is 13.1. The van der Waals surface area contributed by atoms with E-state index in [0.29, 0.717) is 23.7 Å². The van der Waals surface area contributed by atoms with Crippen LogP contribution in [0.5, 0.6) is 0 Å². The van der Waals surface area contributed by atoms with Gasteiger partial charge in [-0.2, -0.15) is 5.10 Å². The van der Waals surface area contributed by atoms with E-state index in [0.717, 1.165) is 16.1 Å². The van der Waals surface area contributed by atoms with Crippen molar-refractivity contribution in [2.24, 2.45) is 0 Å². The van der Waals surface area contributed by atoms with E-state index in [4.69, 9.17) is 5.10 Å². The van der Waals surface area contributed by atoms with Gasteiger partial charge in [-0.1, -0.05) is 67.8 Å². The first-order chi connectivity index (χ1) is 15.8. The summed E-state index contributed by atoms with van der Waals surface area (Å²) in [4.78, 5) is 14.1. The molecule has 0 aliphatic heterocycles. The van der Waals surface area contributed by atoms with Gasteiger partial charge >= 0.3 is 0 Å². The number of carbonyl (C=O) groups is 1. The van der Waals surface area contributed by atoms with E-state index in [1.807, 2.05) is 54.0 Å². The third kappa shape index (κ3) is 4.53. The van der Waals surface area contributed by atoms with Crippen LogP contribution < -0.4 is 5.32 Å². The summed E-state index contributed by atoms with van der Waals surface area (Å²) in [5.74, 6) is 0.594. The summed E-state index contributed by atoms with van der Waals surface area (Å²) in [7, 11) is 0. The Balaban J connectivity index is 1.32. The van der Waals surface area contributed by atoms with Crippen molar-refractivity contribution >= 4 is 17.2 Å². The number of nitrogens with one attached hydrogen (secondary N) is 1. The summed E-state index contributed by atoms with van der Waals surface area (Å²) in [5, 5.41) is 9.83. The largest absolute Gasteiger partial charge is 0.348 e. The maximum Gasteiger partial charge on any atom is 0.255 e. The summed E-state index contributed by atoms with van der Waals surface area (Å²) in [5.41, 5.74) is 4.79. The molecule has 0 radical (unpaired) electrons. The fourth-order valence-corrected chi connectivity index (χ4v) is 5.19. The highest BCUT2D eigenvalue weighted by atomic mass is 32.1. The first-order valence-electron chi connectivity index (χ1n) is 11.3. The topological polar surface area (TPSA) is 46.9 Å². The Hall–Kier alpha value is -3.18. The number of hydrogen-bond donors (Lipinski definition) is 1. The molecule has 1 amide bonds. The van der Waals surface area contributed by atoms with E-state index in [9.17, 15) is 4.79 Å². The molecule has 0 saturated heterocycles. The fraction of sp³-hybridized carbons (Fsp3) is 0.259. The molecule has 0 unspecified atom stereocenters. The van der Waals surface area contributed by atoms with Gasteiger partial charge in [0.25, 0.3) is 5.91 Å². The number of thiophene rings is 1. The summed E-state index contributed by atoms with van der Waals surface area (Å²) in [6.45, 7) is 0.504. The molecule has 2 aromatic carbocycles. The van der Waals surface area contributed by atoms with Crippen molar-refractivity contribution in [3.8, 4) is 16.3 Å². The smallest absolute Gasteiger partial charge is 0.255 e. The van der Waals surface area contributed by atoms with Crippen LogP contribution >= 0.6 is 11.3 Å². The lowest BCUT2D eigenvalue weighted by Gasteiger charge is -2.22. The summed E-state index contributed by atoms with van der Waals surface area (Å²) >= 11 is 1.59. The molecular formula is C27H27N3OS. The zero-order valence-electron chi connectivity index (χ0n) is 18.0. The molecule has 1 N–H and O–H groups in total. The number of nitrogens with zero attached hydrogens (tertiary/aromatic N) is 2. The quantitative estimate of drug-likeness (QED) is 0.367. The first-order valence-corrected chi connectivity index (χ1v) is 12.2. The standard InChI is InChI=1S/C27H27N3OS/c31-27(28-18-20-13-15-22(16-14-20)21-8-3-1-4-9-21)24-19-30(23-10-5-2-6-11-23)29-26(24)25-12-7-17-32-25/h2,5-7,10-17,19,21H,1,3-4,8-9,18H2,(H,28,31). The van der Waals surface area contributed by atoms with Gasteiger partial charge in [0.1, 0.15) is 5.69 Å². The fourth-order valence-electron chi connectivity index (χ4n) is 4.47. The van der Waals surface area contributed by atoms with Crippen LogP contribution in [0.25, 0.3) is 16.3 Å². The van der Waals surface area contributed by atoms with Crippen molar-refractivity contribution in [2.45, 2.75) is 44.6 Å². The molecule has 0 bridgehead atoms. The number of amides is 1. The van der Waals surface area contributed by atoms with E-state index < -0.39 is 0 Å². The normalized spacial score (nSPS) is 14.4. The Kier molecular flexibility index (Phi) is 6.17. The lowest BCUT2D eigenvalue weighted by Crippen LogP contribution is -2.23. The Morgan fingerprint density at radius 2 is 1.75 bits per heavy atom. The summed E-state index contributed by atoms with van der Waals surface area (Å²) in [6, 6.07) is 22.7. The highest BCUT2D eigenvalue weighted by Crippen LogP contribution is 2.32. The van der Waals surface area contributed by atoms with E-state index >= 15 is 0 Å². The molecule has 4 aromatic rings. The van der Waals surface area contributed by atoms with Crippen LogP contribution in [0.1, 0.15) is 59.5 Å². The van der Waals surface area contributed by atoms with Crippen molar-refractivity contribution in [3.63, 3.8) is 0 Å². The van der Waals surface area contributed by atoms with Gasteiger partial charge in [-0.25, -0.2) is 4.68 Å². The molecule has 0 atom stereocenters. The second-order valence-electron chi connectivity index (χ2n) is 8.41. The van der Waals surface area contributed by atoms with E-state index in [2.05, 4.69) is 29.6 Å². The van der Waals surface area contributed by atoms with Gasteiger partial charge in [-0.15, -0.1) is 11.3 Å². The highest BCUT2D eigenvalue weighted by molar-refractivity contribution is 7.13. The number of para-hydroxylation sites is 1. The molecule has 32 heavy (non-hydrogen) atoms. The summed E-state index contributed by atoms with van der Waals surface area (Å²) < 4.78 is 1.78. The molecule has 1 fully saturated rings. The van der Waals surface area contributed by atoms with Gasteiger partial charge in [0.15, 0.2) is 0 Å². The van der Waals surface area contributed by atoms with Crippen LogP contribution in [0.15, 0.2) is 78.3 Å². The van der Waals surface area contributed by atoms with Crippen LogP contribution in [0.4, 0.5) is 0 Å². The lowest BCUT2D eigenvalue weighted by atomic mass is 9.84. The minimum Gasteiger partial charge on any atom is -0.348 e. The van der Waals surface area contributed by atoms with E-state index in [1.54, 1.807) is 16.0 Å². The lowest BCUT2D eigenvalue weighted by molar-refractivity contribution is 0.0951. The third-order valence-electron chi connectivity index (χ3n) is 6.24. The minimum atomic E-state index is -0.105. The van der Waals surface area contributed by atoms with Crippen molar-refractivity contribution in [2.75, 3.05) is 0 Å². The Bertz CT molecular complexity index is 1160. The zero-order valence-corrected chi connectivity index (χ0v) is 18.9. The second-order valence-corrected chi connectivity index (χ2v) is 9.36. The number of hydrogen-bond acceptors (Lipinski definition) is 3. The molecule has 1 aliphatic carbocycles. The second kappa shape index (κ2) is 9.53. The molecule has 1 saturated carbocycles. The van der Waals surface area contributed by atoms with Gasteiger partial charge in [0.05, 0.1) is 16.1 Å². The van der Waals surface area contributed by atoms with Crippen LogP contribution in [0, 0.1) is 0 Å². The van der Waals surface area contributed by atoms with Gasteiger partial charge in [0.2, 0.25) is 0 Å². The average molecular weight is 442 g/mol. The Morgan fingerprint density at radius 1 is 0.969 bits per heavy atom. The van der Waals surface area contributed by atoms with Crippen LogP contribution in [-0.2, 0) is 6.54 Å². The van der Waals surface area contributed by atoms with Gasteiger partial charge < -0.3 is 5.32 Å². The van der Waals surface area contributed by atoms with E-state index in [-0.39, 0.29) is 5.91 Å². The first kappa shape index (κ1) is 20.7. The van der Waals surface area contributed by atoms with Crippen molar-refractivity contribution in [1.29, 1.82) is 0 Å². The Labute approximate surface area is 192 Å². The molecule has 5 rings (SSSR count). The zero-order chi connectivity index (χ0) is 21.8. The maximum absolute atomic E-state index is 13.1. The molecule has 0 spiro atoms. The van der Waals surface area contributed by atoms with Crippen LogP contribution in [-0.4, -0.2) is 15.7 Å². The summed E-state index contributed by atoms with van der Waals surface area (Å²) in [6.07, 6.45) is 8.47. The van der Waals surface area contributed by atoms with Gasteiger partial charge in [-0.05, 0) is 53.5 Å². The number of rotatable bonds is 6. The SMILES string of the molecule is O=C(NCc1ccc(C2CCCCC2)cc1)c1cn(-c2ccccc2)nc1-c1cccs1. The van der Waals surface area contributed by atoms with Crippen molar-refractivity contribution < 1.29 is 4.79 Å². The van der Waals surface area contributed by atoms with Crippen molar-refractivity contribution in [1.82, 2.24) is 15.1 Å². The molecule has 1 aliphatic rings. The Morgan fingerprint density at radius 3 is 2.47 bits per heavy atom. The van der Waals surface area contributed by atoms with Gasteiger partial charge in [-0.3, -0.25) is 4.79 Å². The molecule has 162 valence electrons. The van der Waals surface area contributed by atoms with E-state index in [1.165, 1.54) is 37.7 Å². The molecular weight excluding hydrogens is 414 g/mol. The number of aromatic nitrogens is 2. The molecule has 5 heteroatoms. The number of benzene rings is 2. The van der Waals surface area contributed by atoms with Crippen LogP contribution in [0.2, 0.25) is 0 Å². The minimum absolute atomic E-state index is 0.105. The van der Waals surface area contributed by atoms with Gasteiger partial charge in [0, 0.05) is 12.7 Å². The predicted molar refractivity (Wildman–Crippen MR) is 130 cm³/mol. The molecule has 2 heterocycles.